The van der Waals surface area contributed by atoms with Crippen LogP contribution in [-0.2, 0) is 38.0 Å². The van der Waals surface area contributed by atoms with Crippen molar-refractivity contribution < 1.29 is 42.7 Å². The molecule has 0 aromatic heterocycles. The van der Waals surface area contributed by atoms with Crippen LogP contribution in [0.5, 0.6) is 5.75 Å². The zero-order chi connectivity index (χ0) is 28.1. The second kappa shape index (κ2) is 27.8. The average molecular weight is 558 g/mol. The molecule has 0 heterocycles. The summed E-state index contributed by atoms with van der Waals surface area (Å²) in [4.78, 5) is 11.0. The number of anilines is 1. The van der Waals surface area contributed by atoms with E-state index in [0.717, 1.165) is 24.5 Å². The van der Waals surface area contributed by atoms with Crippen LogP contribution in [0.2, 0.25) is 0 Å². The number of hydrogen-bond donors (Lipinski definition) is 1. The first-order chi connectivity index (χ1) is 19.2. The van der Waals surface area contributed by atoms with Crippen LogP contribution < -0.4 is 10.1 Å². The van der Waals surface area contributed by atoms with Gasteiger partial charge >= 0.3 is 0 Å². The van der Waals surface area contributed by atoms with Crippen LogP contribution in [0.4, 0.5) is 5.69 Å². The van der Waals surface area contributed by atoms with E-state index in [2.05, 4.69) is 12.2 Å². The maximum absolute atomic E-state index is 11.0. The van der Waals surface area contributed by atoms with Gasteiger partial charge < -0.3 is 43.2 Å². The average Bonchev–Trinajstić information content (AvgIpc) is 2.93. The molecule has 226 valence electrons. The third kappa shape index (κ3) is 25.0. The predicted molar refractivity (Wildman–Crippen MR) is 151 cm³/mol. The van der Waals surface area contributed by atoms with E-state index in [1.54, 1.807) is 24.3 Å². The Kier molecular flexibility index (Phi) is 25.1. The molecule has 1 N–H and O–H groups in total. The van der Waals surface area contributed by atoms with E-state index in [1.807, 2.05) is 0 Å². The lowest BCUT2D eigenvalue weighted by atomic mass is 10.2. The number of hydrogen-bond acceptors (Lipinski definition) is 9. The number of rotatable bonds is 29. The topological polar surface area (TPSA) is 103 Å². The van der Waals surface area contributed by atoms with Gasteiger partial charge in [-0.15, -0.1) is 0 Å². The molecule has 0 bridgehead atoms. The summed E-state index contributed by atoms with van der Waals surface area (Å²) >= 11 is 0. The predicted octanol–water partition coefficient (Wildman–Crippen LogP) is 4.11. The van der Waals surface area contributed by atoms with Gasteiger partial charge in [0.2, 0.25) is 5.91 Å². The van der Waals surface area contributed by atoms with E-state index in [-0.39, 0.29) is 5.91 Å². The van der Waals surface area contributed by atoms with E-state index in [0.29, 0.717) is 92.5 Å². The Bertz CT molecular complexity index is 661. The first-order valence-electron chi connectivity index (χ1n) is 14.3. The van der Waals surface area contributed by atoms with Gasteiger partial charge in [0.1, 0.15) is 12.4 Å². The van der Waals surface area contributed by atoms with Gasteiger partial charge in [-0.1, -0.05) is 32.6 Å². The smallest absolute Gasteiger partial charge is 0.221 e. The Hall–Kier alpha value is -1.79. The lowest BCUT2D eigenvalue weighted by Crippen LogP contribution is -2.15. The van der Waals surface area contributed by atoms with Gasteiger partial charge in [0.15, 0.2) is 0 Å². The van der Waals surface area contributed by atoms with Crippen LogP contribution in [0.15, 0.2) is 24.3 Å². The highest BCUT2D eigenvalue weighted by Crippen LogP contribution is 2.15. The van der Waals surface area contributed by atoms with Crippen molar-refractivity contribution in [2.45, 2.75) is 46.0 Å². The zero-order valence-electron chi connectivity index (χ0n) is 24.1. The molecular formula is C29H51NO9. The van der Waals surface area contributed by atoms with Gasteiger partial charge in [0, 0.05) is 19.2 Å². The summed E-state index contributed by atoms with van der Waals surface area (Å²) in [7, 11) is 0. The van der Waals surface area contributed by atoms with Gasteiger partial charge in [-0.3, -0.25) is 4.79 Å². The maximum Gasteiger partial charge on any atom is 0.221 e. The Morgan fingerprint density at radius 1 is 0.538 bits per heavy atom. The molecule has 10 nitrogen and oxygen atoms in total. The molecule has 0 aliphatic heterocycles. The molecule has 0 unspecified atom stereocenters. The Morgan fingerprint density at radius 2 is 0.923 bits per heavy atom. The molecule has 1 rings (SSSR count). The number of nitrogens with one attached hydrogen (secondary N) is 1. The highest BCUT2D eigenvalue weighted by Gasteiger charge is 1.98. The van der Waals surface area contributed by atoms with Gasteiger partial charge in [0.25, 0.3) is 0 Å². The monoisotopic (exact) mass is 557 g/mol. The maximum atomic E-state index is 11.0. The van der Waals surface area contributed by atoms with Crippen LogP contribution in [-0.4, -0.2) is 105 Å². The zero-order valence-corrected chi connectivity index (χ0v) is 24.1. The van der Waals surface area contributed by atoms with Crippen molar-refractivity contribution in [2.24, 2.45) is 0 Å². The molecule has 0 saturated heterocycles. The van der Waals surface area contributed by atoms with Crippen molar-refractivity contribution in [3.05, 3.63) is 24.3 Å². The van der Waals surface area contributed by atoms with Gasteiger partial charge in [-0.2, -0.15) is 0 Å². The van der Waals surface area contributed by atoms with E-state index in [4.69, 9.17) is 37.9 Å². The quantitative estimate of drug-likeness (QED) is 0.146. The molecule has 0 aliphatic rings. The molecule has 1 amide bonds. The summed E-state index contributed by atoms with van der Waals surface area (Å²) in [6, 6.07) is 7.20. The minimum absolute atomic E-state index is 0.102. The Morgan fingerprint density at radius 3 is 1.33 bits per heavy atom. The second-order valence-electron chi connectivity index (χ2n) is 8.75. The fourth-order valence-corrected chi connectivity index (χ4v) is 3.29. The first-order valence-corrected chi connectivity index (χ1v) is 14.3. The number of carbonyl (C=O) groups excluding carboxylic acids is 1. The van der Waals surface area contributed by atoms with Crippen molar-refractivity contribution >= 4 is 11.6 Å². The SMILES string of the molecule is CCCCCCCOCCOCCOCCOCCOCCOCCOCCOc1ccc(NC(C)=O)cc1. The lowest BCUT2D eigenvalue weighted by molar-refractivity contribution is -0.114. The normalized spacial score (nSPS) is 11.1. The second-order valence-corrected chi connectivity index (χ2v) is 8.75. The molecule has 0 radical (unpaired) electrons. The number of carbonyl (C=O) groups is 1. The van der Waals surface area contributed by atoms with Crippen molar-refractivity contribution in [3.63, 3.8) is 0 Å². The van der Waals surface area contributed by atoms with E-state index < -0.39 is 0 Å². The largest absolute Gasteiger partial charge is 0.491 e. The van der Waals surface area contributed by atoms with Crippen LogP contribution in [0.1, 0.15) is 46.0 Å². The fraction of sp³-hybridized carbons (Fsp3) is 0.759. The van der Waals surface area contributed by atoms with Crippen LogP contribution in [0.25, 0.3) is 0 Å². The first kappa shape index (κ1) is 35.2. The molecule has 0 atom stereocenters. The molecule has 1 aromatic carbocycles. The van der Waals surface area contributed by atoms with Crippen molar-refractivity contribution in [3.8, 4) is 5.75 Å². The molecule has 0 saturated carbocycles. The molecule has 1 aromatic rings. The van der Waals surface area contributed by atoms with Crippen molar-refractivity contribution in [1.29, 1.82) is 0 Å². The summed E-state index contributed by atoms with van der Waals surface area (Å²) < 4.78 is 44.0. The van der Waals surface area contributed by atoms with Crippen LogP contribution in [0.3, 0.4) is 0 Å². The molecular weight excluding hydrogens is 506 g/mol. The summed E-state index contributed by atoms with van der Waals surface area (Å²) in [5.74, 6) is 0.623. The number of ether oxygens (including phenoxy) is 8. The van der Waals surface area contributed by atoms with Gasteiger partial charge in [-0.05, 0) is 30.7 Å². The highest BCUT2D eigenvalue weighted by atomic mass is 16.6. The third-order valence-corrected chi connectivity index (χ3v) is 5.30. The summed E-state index contributed by atoms with van der Waals surface area (Å²) in [6.07, 6.45) is 6.28. The van der Waals surface area contributed by atoms with Crippen molar-refractivity contribution in [1.82, 2.24) is 0 Å². The lowest BCUT2D eigenvalue weighted by Gasteiger charge is -2.09. The number of unbranched alkanes of at least 4 members (excludes halogenated alkanes) is 4. The summed E-state index contributed by atoms with van der Waals surface area (Å²) in [5, 5.41) is 2.71. The minimum atomic E-state index is -0.102. The van der Waals surface area contributed by atoms with E-state index >= 15 is 0 Å². The standard InChI is InChI=1S/C29H51NO9/c1-3-4-5-6-7-12-32-13-14-33-15-16-34-17-18-35-19-20-36-21-22-37-23-24-38-25-26-39-29-10-8-28(9-11-29)30-27(2)31/h8-11H,3-7,12-26H2,1-2H3,(H,30,31). The number of benzene rings is 1. The Balaban J connectivity index is 1.70. The molecule has 0 fully saturated rings. The summed E-state index contributed by atoms with van der Waals surface area (Å²) in [5.41, 5.74) is 0.738. The molecule has 0 aliphatic carbocycles. The van der Waals surface area contributed by atoms with Crippen molar-refractivity contribution in [2.75, 3.05) is 104 Å². The fourth-order valence-electron chi connectivity index (χ4n) is 3.29. The minimum Gasteiger partial charge on any atom is -0.491 e. The Labute approximate surface area is 234 Å². The highest BCUT2D eigenvalue weighted by molar-refractivity contribution is 5.88. The molecule has 0 spiro atoms. The molecule has 10 heteroatoms. The van der Waals surface area contributed by atoms with Gasteiger partial charge in [0.05, 0.1) is 85.9 Å². The van der Waals surface area contributed by atoms with Crippen LogP contribution in [0, 0.1) is 0 Å². The van der Waals surface area contributed by atoms with Crippen LogP contribution >= 0.6 is 0 Å². The summed E-state index contributed by atoms with van der Waals surface area (Å²) in [6.45, 7) is 11.9. The van der Waals surface area contributed by atoms with E-state index in [9.17, 15) is 4.79 Å². The number of amides is 1. The van der Waals surface area contributed by atoms with E-state index in [1.165, 1.54) is 32.6 Å². The van der Waals surface area contributed by atoms with Gasteiger partial charge in [-0.25, -0.2) is 0 Å². The molecule has 39 heavy (non-hydrogen) atoms. The third-order valence-electron chi connectivity index (χ3n) is 5.30.